The summed E-state index contributed by atoms with van der Waals surface area (Å²) < 4.78 is 27.6. The van der Waals surface area contributed by atoms with Crippen LogP contribution in [0.3, 0.4) is 0 Å². The fourth-order valence-electron chi connectivity index (χ4n) is 2.64. The van der Waals surface area contributed by atoms with Crippen molar-refractivity contribution in [2.24, 2.45) is 0 Å². The first-order valence-electron chi connectivity index (χ1n) is 7.27. The number of aromatic hydroxyl groups is 1. The largest absolute Gasteiger partial charge is 0.508 e. The van der Waals surface area contributed by atoms with Crippen LogP contribution in [0.15, 0.2) is 57.9 Å². The minimum absolute atomic E-state index is 0.226. The number of nitrogens with zero attached hydrogens (tertiary/aromatic N) is 2. The van der Waals surface area contributed by atoms with Gasteiger partial charge < -0.3 is 10.0 Å². The highest BCUT2D eigenvalue weighted by Crippen LogP contribution is 2.26. The number of phenols is 1. The van der Waals surface area contributed by atoms with Crippen LogP contribution in [0.1, 0.15) is 0 Å². The number of rotatable bonds is 3. The standard InChI is InChI=1S/C16H17BrN2O3S/c17-15-3-1-2-4-16(15)23(21,22)19-11-9-18(10-12-19)13-5-7-14(20)8-6-13/h1-8,20H,9-12H2. The van der Waals surface area contributed by atoms with Gasteiger partial charge >= 0.3 is 0 Å². The molecule has 0 atom stereocenters. The molecule has 7 heteroatoms. The number of phenolic OH excluding ortho intramolecular Hbond substituents is 1. The molecule has 2 aromatic carbocycles. The van der Waals surface area contributed by atoms with E-state index in [0.29, 0.717) is 35.5 Å². The van der Waals surface area contributed by atoms with Crippen LogP contribution in [0.25, 0.3) is 0 Å². The second kappa shape index (κ2) is 6.51. The van der Waals surface area contributed by atoms with Crippen molar-refractivity contribution >= 4 is 31.6 Å². The SMILES string of the molecule is O=S(=O)(c1ccccc1Br)N1CCN(c2ccc(O)cc2)CC1. The first kappa shape index (κ1) is 16.3. The first-order valence-corrected chi connectivity index (χ1v) is 9.50. The van der Waals surface area contributed by atoms with Crippen molar-refractivity contribution in [2.75, 3.05) is 31.1 Å². The average Bonchev–Trinajstić information content (AvgIpc) is 2.56. The Morgan fingerprint density at radius 3 is 2.13 bits per heavy atom. The number of benzene rings is 2. The van der Waals surface area contributed by atoms with Gasteiger partial charge in [-0.3, -0.25) is 0 Å². The highest BCUT2D eigenvalue weighted by Gasteiger charge is 2.29. The molecular formula is C16H17BrN2O3S. The highest BCUT2D eigenvalue weighted by molar-refractivity contribution is 9.10. The molecule has 0 radical (unpaired) electrons. The molecule has 1 aliphatic heterocycles. The van der Waals surface area contributed by atoms with Crippen LogP contribution >= 0.6 is 15.9 Å². The van der Waals surface area contributed by atoms with Crippen LogP contribution in [-0.4, -0.2) is 44.0 Å². The van der Waals surface area contributed by atoms with E-state index in [1.165, 1.54) is 4.31 Å². The fraction of sp³-hybridized carbons (Fsp3) is 0.250. The third-order valence-corrected chi connectivity index (χ3v) is 6.82. The zero-order valence-corrected chi connectivity index (χ0v) is 14.8. The van der Waals surface area contributed by atoms with Gasteiger partial charge in [-0.15, -0.1) is 0 Å². The molecule has 3 rings (SSSR count). The van der Waals surface area contributed by atoms with Crippen molar-refractivity contribution < 1.29 is 13.5 Å². The van der Waals surface area contributed by atoms with E-state index < -0.39 is 10.0 Å². The van der Waals surface area contributed by atoms with Crippen molar-refractivity contribution in [3.05, 3.63) is 53.0 Å². The zero-order chi connectivity index (χ0) is 16.4. The number of piperazine rings is 1. The van der Waals surface area contributed by atoms with E-state index >= 15 is 0 Å². The van der Waals surface area contributed by atoms with Gasteiger partial charge in [0.05, 0.1) is 4.90 Å². The summed E-state index contributed by atoms with van der Waals surface area (Å²) in [5, 5.41) is 9.35. The van der Waals surface area contributed by atoms with Gasteiger partial charge in [-0.25, -0.2) is 8.42 Å². The topological polar surface area (TPSA) is 60.9 Å². The van der Waals surface area contributed by atoms with Gasteiger partial charge in [0.2, 0.25) is 10.0 Å². The van der Waals surface area contributed by atoms with E-state index in [2.05, 4.69) is 20.8 Å². The number of hydrogen-bond acceptors (Lipinski definition) is 4. The smallest absolute Gasteiger partial charge is 0.244 e. The summed E-state index contributed by atoms with van der Waals surface area (Å²) in [7, 11) is -3.49. The lowest BCUT2D eigenvalue weighted by Crippen LogP contribution is -2.48. The van der Waals surface area contributed by atoms with Gasteiger partial charge in [-0.1, -0.05) is 12.1 Å². The molecule has 1 fully saturated rings. The fourth-order valence-corrected chi connectivity index (χ4v) is 5.03. The summed E-state index contributed by atoms with van der Waals surface area (Å²) >= 11 is 3.31. The highest BCUT2D eigenvalue weighted by atomic mass is 79.9. The van der Waals surface area contributed by atoms with Crippen LogP contribution in [0, 0.1) is 0 Å². The number of anilines is 1. The van der Waals surface area contributed by atoms with Gasteiger partial charge in [-0.05, 0) is 52.3 Å². The van der Waals surface area contributed by atoms with Crippen LogP contribution in [0.2, 0.25) is 0 Å². The van der Waals surface area contributed by atoms with Crippen molar-refractivity contribution in [2.45, 2.75) is 4.90 Å². The van der Waals surface area contributed by atoms with Gasteiger partial charge in [0.1, 0.15) is 5.75 Å². The minimum Gasteiger partial charge on any atom is -0.508 e. The third kappa shape index (κ3) is 3.36. The van der Waals surface area contributed by atoms with E-state index in [0.717, 1.165) is 5.69 Å². The van der Waals surface area contributed by atoms with Crippen LogP contribution < -0.4 is 4.90 Å². The van der Waals surface area contributed by atoms with E-state index in [1.807, 2.05) is 12.1 Å². The Labute approximate surface area is 144 Å². The van der Waals surface area contributed by atoms with E-state index in [9.17, 15) is 13.5 Å². The predicted octanol–water partition coefficient (Wildman–Crippen LogP) is 2.67. The molecule has 122 valence electrons. The molecule has 1 heterocycles. The summed E-state index contributed by atoms with van der Waals surface area (Å²) in [5.41, 5.74) is 0.987. The summed E-state index contributed by atoms with van der Waals surface area (Å²) in [6.45, 7) is 2.11. The molecule has 23 heavy (non-hydrogen) atoms. The van der Waals surface area contributed by atoms with Crippen molar-refractivity contribution in [1.29, 1.82) is 0 Å². The summed E-state index contributed by atoms with van der Waals surface area (Å²) in [4.78, 5) is 2.42. The van der Waals surface area contributed by atoms with Crippen LogP contribution in [0.4, 0.5) is 5.69 Å². The number of sulfonamides is 1. The quantitative estimate of drug-likeness (QED) is 0.865. The van der Waals surface area contributed by atoms with Gasteiger partial charge in [-0.2, -0.15) is 4.31 Å². The molecule has 0 aromatic heterocycles. The molecule has 5 nitrogen and oxygen atoms in total. The van der Waals surface area contributed by atoms with Gasteiger partial charge in [0, 0.05) is 36.3 Å². The third-order valence-electron chi connectivity index (χ3n) is 3.91. The summed E-state index contributed by atoms with van der Waals surface area (Å²) in [6.07, 6.45) is 0. The maximum absolute atomic E-state index is 12.7. The molecule has 0 bridgehead atoms. The first-order chi connectivity index (χ1) is 11.0. The zero-order valence-electron chi connectivity index (χ0n) is 12.4. The molecule has 0 aliphatic carbocycles. The Kier molecular flexibility index (Phi) is 4.61. The second-order valence-electron chi connectivity index (χ2n) is 5.34. The Bertz CT molecular complexity index is 785. The molecule has 0 amide bonds. The lowest BCUT2D eigenvalue weighted by atomic mass is 10.2. The maximum Gasteiger partial charge on any atom is 0.244 e. The average molecular weight is 397 g/mol. The van der Waals surface area contributed by atoms with Crippen LogP contribution in [-0.2, 0) is 10.0 Å². The molecule has 1 aliphatic rings. The second-order valence-corrected chi connectivity index (χ2v) is 8.10. The van der Waals surface area contributed by atoms with E-state index in [-0.39, 0.29) is 5.75 Å². The van der Waals surface area contributed by atoms with Crippen molar-refractivity contribution in [3.63, 3.8) is 0 Å². The normalized spacial score (nSPS) is 16.5. The lowest BCUT2D eigenvalue weighted by Gasteiger charge is -2.35. The Hall–Kier alpha value is -1.57. The van der Waals surface area contributed by atoms with Gasteiger partial charge in [0.25, 0.3) is 0 Å². The number of hydrogen-bond donors (Lipinski definition) is 1. The molecule has 0 saturated carbocycles. The van der Waals surface area contributed by atoms with Crippen LogP contribution in [0.5, 0.6) is 5.75 Å². The molecular weight excluding hydrogens is 380 g/mol. The monoisotopic (exact) mass is 396 g/mol. The molecule has 2 aromatic rings. The Morgan fingerprint density at radius 1 is 0.913 bits per heavy atom. The minimum atomic E-state index is -3.49. The molecule has 1 N–H and O–H groups in total. The summed E-state index contributed by atoms with van der Waals surface area (Å²) in [6, 6.07) is 13.8. The Balaban J connectivity index is 1.74. The lowest BCUT2D eigenvalue weighted by molar-refractivity contribution is 0.384. The molecule has 0 unspecified atom stereocenters. The maximum atomic E-state index is 12.7. The van der Waals surface area contributed by atoms with Crippen molar-refractivity contribution in [1.82, 2.24) is 4.31 Å². The number of halogens is 1. The van der Waals surface area contributed by atoms with Gasteiger partial charge in [0.15, 0.2) is 0 Å². The predicted molar refractivity (Wildman–Crippen MR) is 93.2 cm³/mol. The molecule has 0 spiro atoms. The van der Waals surface area contributed by atoms with Crippen molar-refractivity contribution in [3.8, 4) is 5.75 Å². The van der Waals surface area contributed by atoms with E-state index in [1.54, 1.807) is 36.4 Å². The molecule has 1 saturated heterocycles. The van der Waals surface area contributed by atoms with E-state index in [4.69, 9.17) is 0 Å². The summed E-state index contributed by atoms with van der Waals surface area (Å²) in [5.74, 6) is 0.226. The Morgan fingerprint density at radius 2 is 1.52 bits per heavy atom.